The minimum atomic E-state index is -3.78. The fourth-order valence-corrected chi connectivity index (χ4v) is 4.82. The summed E-state index contributed by atoms with van der Waals surface area (Å²) in [6.07, 6.45) is 1.09. The topological polar surface area (TPSA) is 77.3 Å². The van der Waals surface area contributed by atoms with Gasteiger partial charge in [0.2, 0.25) is 0 Å². The second kappa shape index (κ2) is 5.84. The molecular formula is C18H18N4O3S. The summed E-state index contributed by atoms with van der Waals surface area (Å²) in [7, 11) is -2.20. The average Bonchev–Trinajstić information content (AvgIpc) is 3.12. The number of anilines is 1. The van der Waals surface area contributed by atoms with Crippen LogP contribution in [0.2, 0.25) is 0 Å². The van der Waals surface area contributed by atoms with Gasteiger partial charge in [-0.3, -0.25) is 0 Å². The van der Waals surface area contributed by atoms with Crippen molar-refractivity contribution in [2.24, 2.45) is 0 Å². The molecule has 0 aliphatic carbocycles. The Morgan fingerprint density at radius 3 is 2.54 bits per heavy atom. The SMILES string of the molecule is COc1ccc2c(c1)-c1cnnn1C(C)N2S(=O)(=O)c1ccc(C)cc1. The number of rotatable bonds is 3. The van der Waals surface area contributed by atoms with E-state index in [1.807, 2.05) is 6.92 Å². The van der Waals surface area contributed by atoms with Crippen LogP contribution in [-0.2, 0) is 10.0 Å². The Kier molecular flexibility index (Phi) is 3.73. The largest absolute Gasteiger partial charge is 0.497 e. The van der Waals surface area contributed by atoms with Gasteiger partial charge in [-0.05, 0) is 44.2 Å². The van der Waals surface area contributed by atoms with Crippen LogP contribution in [0.15, 0.2) is 53.6 Å². The molecule has 8 heteroatoms. The van der Waals surface area contributed by atoms with E-state index in [4.69, 9.17) is 4.74 Å². The van der Waals surface area contributed by atoms with Crippen LogP contribution < -0.4 is 9.04 Å². The lowest BCUT2D eigenvalue weighted by atomic mass is 10.1. The van der Waals surface area contributed by atoms with E-state index < -0.39 is 16.2 Å². The van der Waals surface area contributed by atoms with Crippen LogP contribution in [0, 0.1) is 6.92 Å². The molecule has 0 saturated carbocycles. The minimum Gasteiger partial charge on any atom is -0.497 e. The summed E-state index contributed by atoms with van der Waals surface area (Å²) in [5.41, 5.74) is 3.04. The van der Waals surface area contributed by atoms with Gasteiger partial charge in [-0.15, -0.1) is 5.10 Å². The lowest BCUT2D eigenvalue weighted by Crippen LogP contribution is -2.40. The Hall–Kier alpha value is -2.87. The Balaban J connectivity index is 1.94. The molecule has 0 saturated heterocycles. The van der Waals surface area contributed by atoms with Crippen LogP contribution in [0.5, 0.6) is 5.75 Å². The van der Waals surface area contributed by atoms with Gasteiger partial charge in [-0.1, -0.05) is 22.9 Å². The van der Waals surface area contributed by atoms with Gasteiger partial charge in [-0.25, -0.2) is 17.4 Å². The van der Waals surface area contributed by atoms with Crippen molar-refractivity contribution in [2.75, 3.05) is 11.4 Å². The average molecular weight is 370 g/mol. The number of aryl methyl sites for hydroxylation is 1. The number of hydrogen-bond acceptors (Lipinski definition) is 5. The number of hydrogen-bond donors (Lipinski definition) is 0. The van der Waals surface area contributed by atoms with Crippen molar-refractivity contribution in [1.82, 2.24) is 15.0 Å². The number of methoxy groups -OCH3 is 1. The molecule has 0 radical (unpaired) electrons. The second-order valence-electron chi connectivity index (χ2n) is 6.19. The van der Waals surface area contributed by atoms with Crippen LogP contribution in [0.25, 0.3) is 11.3 Å². The van der Waals surface area contributed by atoms with Gasteiger partial charge in [-0.2, -0.15) is 0 Å². The van der Waals surface area contributed by atoms with Crippen LogP contribution in [0.3, 0.4) is 0 Å². The third kappa shape index (κ3) is 2.37. The van der Waals surface area contributed by atoms with E-state index in [1.54, 1.807) is 67.4 Å². The number of fused-ring (bicyclic) bond motifs is 3. The number of aromatic nitrogens is 3. The summed E-state index contributed by atoms with van der Waals surface area (Å²) in [5, 5.41) is 8.04. The fraction of sp³-hybridized carbons (Fsp3) is 0.222. The summed E-state index contributed by atoms with van der Waals surface area (Å²) < 4.78 is 35.1. The van der Waals surface area contributed by atoms with Crippen LogP contribution in [0.4, 0.5) is 5.69 Å². The van der Waals surface area contributed by atoms with E-state index in [9.17, 15) is 8.42 Å². The highest BCUT2D eigenvalue weighted by molar-refractivity contribution is 7.92. The third-order valence-corrected chi connectivity index (χ3v) is 6.45. The highest BCUT2D eigenvalue weighted by Gasteiger charge is 2.37. The molecule has 0 bridgehead atoms. The maximum atomic E-state index is 13.4. The van der Waals surface area contributed by atoms with Gasteiger partial charge in [0, 0.05) is 5.56 Å². The van der Waals surface area contributed by atoms with Crippen molar-refractivity contribution in [3.8, 4) is 17.0 Å². The van der Waals surface area contributed by atoms with Crippen LogP contribution in [0.1, 0.15) is 18.7 Å². The number of benzene rings is 2. The van der Waals surface area contributed by atoms with Crippen molar-refractivity contribution in [1.29, 1.82) is 0 Å². The molecule has 1 aliphatic rings. The molecule has 1 aliphatic heterocycles. The van der Waals surface area contributed by atoms with Gasteiger partial charge in [0.1, 0.15) is 11.9 Å². The molecule has 3 aromatic rings. The molecule has 1 atom stereocenters. The maximum absolute atomic E-state index is 13.4. The predicted molar refractivity (Wildman–Crippen MR) is 97.6 cm³/mol. The molecule has 0 N–H and O–H groups in total. The second-order valence-corrected chi connectivity index (χ2v) is 8.01. The maximum Gasteiger partial charge on any atom is 0.266 e. The Bertz CT molecular complexity index is 1070. The Morgan fingerprint density at radius 2 is 1.85 bits per heavy atom. The van der Waals surface area contributed by atoms with Crippen molar-refractivity contribution < 1.29 is 13.2 Å². The van der Waals surface area contributed by atoms with Crippen LogP contribution >= 0.6 is 0 Å². The molecular weight excluding hydrogens is 352 g/mol. The summed E-state index contributed by atoms with van der Waals surface area (Å²) >= 11 is 0. The molecule has 134 valence electrons. The lowest BCUT2D eigenvalue weighted by Gasteiger charge is -2.36. The summed E-state index contributed by atoms with van der Waals surface area (Å²) in [5.74, 6) is 0.638. The summed E-state index contributed by atoms with van der Waals surface area (Å²) in [4.78, 5) is 0.236. The smallest absolute Gasteiger partial charge is 0.266 e. The van der Waals surface area contributed by atoms with Gasteiger partial charge in [0.15, 0.2) is 0 Å². The van der Waals surface area contributed by atoms with Crippen molar-refractivity contribution in [3.05, 3.63) is 54.2 Å². The molecule has 1 aromatic heterocycles. The molecule has 7 nitrogen and oxygen atoms in total. The van der Waals surface area contributed by atoms with Crippen molar-refractivity contribution in [3.63, 3.8) is 0 Å². The standard InChI is InChI=1S/C18H18N4O3S/c1-12-4-7-15(8-5-12)26(23,24)22-13(2)21-18(11-19-20-21)16-10-14(25-3)6-9-17(16)22/h4-11,13H,1-3H3. The van der Waals surface area contributed by atoms with Gasteiger partial charge in [0.05, 0.1) is 29.6 Å². The predicted octanol–water partition coefficient (Wildman–Crippen LogP) is 2.99. The minimum absolute atomic E-state index is 0.236. The zero-order valence-corrected chi connectivity index (χ0v) is 15.4. The quantitative estimate of drug-likeness (QED) is 0.708. The number of nitrogens with zero attached hydrogens (tertiary/aromatic N) is 4. The summed E-state index contributed by atoms with van der Waals surface area (Å²) in [6, 6.07) is 12.1. The van der Waals surface area contributed by atoms with E-state index in [1.165, 1.54) is 4.31 Å². The monoisotopic (exact) mass is 370 g/mol. The first kappa shape index (κ1) is 16.6. The van der Waals surface area contributed by atoms with E-state index in [0.717, 1.165) is 11.3 Å². The third-order valence-electron chi connectivity index (χ3n) is 4.56. The lowest BCUT2D eigenvalue weighted by molar-refractivity contribution is 0.414. The van der Waals surface area contributed by atoms with Gasteiger partial charge >= 0.3 is 0 Å². The first-order valence-corrected chi connectivity index (χ1v) is 9.57. The van der Waals surface area contributed by atoms with E-state index in [0.29, 0.717) is 17.0 Å². The van der Waals surface area contributed by atoms with Gasteiger partial charge < -0.3 is 4.74 Å². The number of sulfonamides is 1. The van der Waals surface area contributed by atoms with Crippen LogP contribution in [-0.4, -0.2) is 30.5 Å². The Labute approximate surface area is 151 Å². The molecule has 1 unspecified atom stereocenters. The first-order chi connectivity index (χ1) is 12.4. The molecule has 2 heterocycles. The first-order valence-electron chi connectivity index (χ1n) is 8.13. The molecule has 2 aromatic carbocycles. The zero-order chi connectivity index (χ0) is 18.5. The Morgan fingerprint density at radius 1 is 1.12 bits per heavy atom. The molecule has 0 amide bonds. The van der Waals surface area contributed by atoms with Crippen molar-refractivity contribution >= 4 is 15.7 Å². The van der Waals surface area contributed by atoms with E-state index in [2.05, 4.69) is 10.3 Å². The normalized spacial score (nSPS) is 16.1. The van der Waals surface area contributed by atoms with Gasteiger partial charge in [0.25, 0.3) is 10.0 Å². The zero-order valence-electron chi connectivity index (χ0n) is 14.6. The van der Waals surface area contributed by atoms with Crippen molar-refractivity contribution in [2.45, 2.75) is 24.9 Å². The molecule has 26 heavy (non-hydrogen) atoms. The number of ether oxygens (including phenoxy) is 1. The fourth-order valence-electron chi connectivity index (χ4n) is 3.21. The highest BCUT2D eigenvalue weighted by Crippen LogP contribution is 2.44. The summed E-state index contributed by atoms with van der Waals surface area (Å²) in [6.45, 7) is 3.71. The van der Waals surface area contributed by atoms with E-state index >= 15 is 0 Å². The molecule has 4 rings (SSSR count). The van der Waals surface area contributed by atoms with E-state index in [-0.39, 0.29) is 4.90 Å². The molecule has 0 fully saturated rings. The molecule has 0 spiro atoms. The highest BCUT2D eigenvalue weighted by atomic mass is 32.2.